The fraction of sp³-hybridized carbons (Fsp3) is 0.450. The number of rotatable bonds is 8. The standard InChI is InChI=1S/C20H27N3O3/c24-23(25)18-8-5-9-19(15-18)26-14-4-3-13-22-12-2-1-10-20(22)17-7-6-11-21-16-17/h5-9,11,15-16,20,23-24H,1-4,10,12-14H2. The number of nitrogens with zero attached hydrogens (tertiary/aromatic N) is 2. The Morgan fingerprint density at radius 3 is 2.96 bits per heavy atom. The van der Waals surface area contributed by atoms with Crippen molar-refractivity contribution in [3.05, 3.63) is 59.6 Å². The van der Waals surface area contributed by atoms with Crippen LogP contribution in [0, 0.1) is 5.21 Å². The van der Waals surface area contributed by atoms with Crippen molar-refractivity contribution in [2.75, 3.05) is 19.7 Å². The summed E-state index contributed by atoms with van der Waals surface area (Å²) in [6.45, 7) is 2.80. The average Bonchev–Trinajstić information content (AvgIpc) is 2.69. The quantitative estimate of drug-likeness (QED) is 0.561. The van der Waals surface area contributed by atoms with E-state index in [4.69, 9.17) is 9.94 Å². The zero-order valence-electron chi connectivity index (χ0n) is 15.0. The largest absolute Gasteiger partial charge is 0.595 e. The first-order valence-corrected chi connectivity index (χ1v) is 9.34. The number of quaternary nitrogens is 1. The number of hydrogen-bond acceptors (Lipinski definition) is 5. The lowest BCUT2D eigenvalue weighted by Gasteiger charge is -2.35. The third-order valence-corrected chi connectivity index (χ3v) is 4.87. The van der Waals surface area contributed by atoms with Gasteiger partial charge < -0.3 is 9.94 Å². The second-order valence-corrected chi connectivity index (χ2v) is 6.72. The van der Waals surface area contributed by atoms with Gasteiger partial charge in [0.05, 0.1) is 6.61 Å². The normalized spacial score (nSPS) is 19.2. The molecule has 140 valence electrons. The van der Waals surface area contributed by atoms with Crippen LogP contribution < -0.4 is 9.96 Å². The van der Waals surface area contributed by atoms with Crippen LogP contribution in [-0.2, 0) is 0 Å². The van der Waals surface area contributed by atoms with Gasteiger partial charge in [0, 0.05) is 30.6 Å². The monoisotopic (exact) mass is 357 g/mol. The van der Waals surface area contributed by atoms with Crippen LogP contribution >= 0.6 is 0 Å². The van der Waals surface area contributed by atoms with Gasteiger partial charge in [-0.05, 0) is 56.5 Å². The van der Waals surface area contributed by atoms with Gasteiger partial charge in [-0.3, -0.25) is 9.88 Å². The van der Waals surface area contributed by atoms with E-state index < -0.39 is 5.23 Å². The lowest BCUT2D eigenvalue weighted by Crippen LogP contribution is -2.99. The predicted molar refractivity (Wildman–Crippen MR) is 99.3 cm³/mol. The molecule has 2 N–H and O–H groups in total. The smallest absolute Gasteiger partial charge is 0.167 e. The van der Waals surface area contributed by atoms with E-state index in [2.05, 4.69) is 16.0 Å². The molecule has 6 heteroatoms. The molecule has 2 atom stereocenters. The fourth-order valence-electron chi connectivity index (χ4n) is 3.54. The van der Waals surface area contributed by atoms with Crippen LogP contribution in [0.1, 0.15) is 43.7 Å². The van der Waals surface area contributed by atoms with E-state index in [0.717, 1.165) is 25.9 Å². The molecule has 0 bridgehead atoms. The van der Waals surface area contributed by atoms with Crippen LogP contribution in [0.4, 0.5) is 5.69 Å². The maximum atomic E-state index is 11.0. The summed E-state index contributed by atoms with van der Waals surface area (Å²) in [4.78, 5) is 6.83. The van der Waals surface area contributed by atoms with E-state index in [1.165, 1.54) is 24.8 Å². The molecule has 3 rings (SSSR count). The number of aromatic nitrogens is 1. The summed E-state index contributed by atoms with van der Waals surface area (Å²) in [5, 5.41) is 19.1. The SMILES string of the molecule is [O-][NH+](O)c1cccc(OCCCCN2CCCCC2c2cccnc2)c1. The van der Waals surface area contributed by atoms with Crippen LogP contribution in [0.15, 0.2) is 48.8 Å². The molecule has 0 saturated carbocycles. The Bertz CT molecular complexity index is 666. The molecular weight excluding hydrogens is 330 g/mol. The summed E-state index contributed by atoms with van der Waals surface area (Å²) >= 11 is 0. The highest BCUT2D eigenvalue weighted by atomic mass is 16.8. The van der Waals surface area contributed by atoms with Gasteiger partial charge in [0.25, 0.3) is 0 Å². The second kappa shape index (κ2) is 9.64. The minimum absolute atomic E-state index is 0.259. The Kier molecular flexibility index (Phi) is 6.96. The number of ether oxygens (including phenoxy) is 1. The molecule has 0 aliphatic carbocycles. The molecule has 1 saturated heterocycles. The molecule has 6 nitrogen and oxygen atoms in total. The highest BCUT2D eigenvalue weighted by Crippen LogP contribution is 2.30. The number of unbranched alkanes of at least 4 members (excludes halogenated alkanes) is 1. The zero-order chi connectivity index (χ0) is 18.2. The minimum Gasteiger partial charge on any atom is -0.595 e. The molecule has 1 aliphatic heterocycles. The Hall–Kier alpha value is -1.99. The molecule has 2 heterocycles. The van der Waals surface area contributed by atoms with Crippen LogP contribution in [0.2, 0.25) is 0 Å². The van der Waals surface area contributed by atoms with E-state index in [1.54, 1.807) is 24.3 Å². The summed E-state index contributed by atoms with van der Waals surface area (Å²) in [6.07, 6.45) is 9.57. The van der Waals surface area contributed by atoms with Crippen molar-refractivity contribution in [1.29, 1.82) is 0 Å². The van der Waals surface area contributed by atoms with Crippen LogP contribution in [0.5, 0.6) is 5.75 Å². The molecule has 26 heavy (non-hydrogen) atoms. The number of piperidine rings is 1. The molecule has 0 radical (unpaired) electrons. The molecule has 2 unspecified atom stereocenters. The maximum Gasteiger partial charge on any atom is 0.167 e. The molecular formula is C20H27N3O3. The number of pyridine rings is 1. The zero-order valence-corrected chi connectivity index (χ0v) is 15.0. The number of hydrogen-bond donors (Lipinski definition) is 2. The van der Waals surface area contributed by atoms with E-state index in [0.29, 0.717) is 18.4 Å². The van der Waals surface area contributed by atoms with Gasteiger partial charge in [0.1, 0.15) is 5.75 Å². The van der Waals surface area contributed by atoms with E-state index in [1.807, 2.05) is 18.5 Å². The Balaban J connectivity index is 1.43. The minimum atomic E-state index is -0.929. The molecule has 1 aromatic carbocycles. The molecule has 2 aromatic rings. The van der Waals surface area contributed by atoms with Gasteiger partial charge in [0.2, 0.25) is 0 Å². The van der Waals surface area contributed by atoms with Crippen molar-refractivity contribution >= 4 is 5.69 Å². The summed E-state index contributed by atoms with van der Waals surface area (Å²) in [6, 6.07) is 11.3. The van der Waals surface area contributed by atoms with E-state index in [9.17, 15) is 5.21 Å². The Labute approximate surface area is 154 Å². The van der Waals surface area contributed by atoms with E-state index in [-0.39, 0.29) is 5.69 Å². The second-order valence-electron chi connectivity index (χ2n) is 6.72. The molecule has 1 aromatic heterocycles. The van der Waals surface area contributed by atoms with Gasteiger partial charge in [0.15, 0.2) is 5.69 Å². The lowest BCUT2D eigenvalue weighted by molar-refractivity contribution is -0.991. The number of likely N-dealkylation sites (tertiary alicyclic amines) is 1. The van der Waals surface area contributed by atoms with Gasteiger partial charge in [-0.1, -0.05) is 18.6 Å². The van der Waals surface area contributed by atoms with Crippen LogP contribution in [0.25, 0.3) is 0 Å². The first kappa shape index (κ1) is 18.8. The van der Waals surface area contributed by atoms with E-state index >= 15 is 0 Å². The molecule has 0 amide bonds. The topological polar surface area (TPSA) is 73.1 Å². The van der Waals surface area contributed by atoms with Crippen molar-refractivity contribution in [2.24, 2.45) is 0 Å². The Morgan fingerprint density at radius 1 is 1.23 bits per heavy atom. The summed E-state index contributed by atoms with van der Waals surface area (Å²) < 4.78 is 5.71. The first-order valence-electron chi connectivity index (χ1n) is 9.34. The molecule has 1 fully saturated rings. The van der Waals surface area contributed by atoms with Crippen molar-refractivity contribution < 1.29 is 15.2 Å². The summed E-state index contributed by atoms with van der Waals surface area (Å²) in [5.74, 6) is 0.621. The lowest BCUT2D eigenvalue weighted by atomic mass is 9.96. The van der Waals surface area contributed by atoms with Crippen molar-refractivity contribution in [3.63, 3.8) is 0 Å². The van der Waals surface area contributed by atoms with Crippen molar-refractivity contribution in [2.45, 2.75) is 38.1 Å². The Morgan fingerprint density at radius 2 is 2.15 bits per heavy atom. The fourth-order valence-corrected chi connectivity index (χ4v) is 3.54. The highest BCUT2D eigenvalue weighted by molar-refractivity contribution is 5.37. The molecule has 0 spiro atoms. The van der Waals surface area contributed by atoms with Crippen LogP contribution in [-0.4, -0.2) is 34.8 Å². The number of benzene rings is 1. The first-order chi connectivity index (χ1) is 12.7. The van der Waals surface area contributed by atoms with Crippen LogP contribution in [0.3, 0.4) is 0 Å². The third-order valence-electron chi connectivity index (χ3n) is 4.87. The maximum absolute atomic E-state index is 11.0. The van der Waals surface area contributed by atoms with Crippen molar-refractivity contribution in [3.8, 4) is 5.75 Å². The highest BCUT2D eigenvalue weighted by Gasteiger charge is 2.23. The van der Waals surface area contributed by atoms with Gasteiger partial charge in [-0.15, -0.1) is 0 Å². The third kappa shape index (κ3) is 5.25. The summed E-state index contributed by atoms with van der Waals surface area (Å²) in [5.41, 5.74) is 1.57. The van der Waals surface area contributed by atoms with Gasteiger partial charge in [-0.25, -0.2) is 5.21 Å². The summed E-state index contributed by atoms with van der Waals surface area (Å²) in [7, 11) is 0. The molecule has 1 aliphatic rings. The average molecular weight is 357 g/mol. The number of nitrogens with one attached hydrogen (secondary N) is 1. The van der Waals surface area contributed by atoms with Crippen molar-refractivity contribution in [1.82, 2.24) is 9.88 Å². The predicted octanol–water partition coefficient (Wildman–Crippen LogP) is 2.87. The van der Waals surface area contributed by atoms with Gasteiger partial charge in [-0.2, -0.15) is 5.23 Å². The van der Waals surface area contributed by atoms with Gasteiger partial charge >= 0.3 is 0 Å².